The fraction of sp³-hybridized carbons (Fsp3) is 0.357. The molecule has 1 heterocycles. The van der Waals surface area contributed by atoms with Gasteiger partial charge in [-0.1, -0.05) is 38.5 Å². The molecule has 2 nitrogen and oxygen atoms in total. The Bertz CT molecular complexity index is 474. The summed E-state index contributed by atoms with van der Waals surface area (Å²) in [6.07, 6.45) is 4.83. The lowest BCUT2D eigenvalue weighted by molar-refractivity contribution is 0.459. The average molecular weight is 214 g/mol. The number of nitrogens with two attached hydrogens (primary N) is 1. The van der Waals surface area contributed by atoms with Crippen LogP contribution in [0.25, 0.3) is 10.8 Å². The van der Waals surface area contributed by atoms with Gasteiger partial charge in [0.05, 0.1) is 0 Å². The monoisotopic (exact) mass is 214 g/mol. The Hall–Kier alpha value is -1.41. The van der Waals surface area contributed by atoms with Gasteiger partial charge in [-0.3, -0.25) is 4.98 Å². The lowest BCUT2D eigenvalue weighted by Gasteiger charge is -2.20. The largest absolute Gasteiger partial charge is 0.324 e. The smallest absolute Gasteiger partial charge is 0.0349 e. The van der Waals surface area contributed by atoms with E-state index in [4.69, 9.17) is 5.73 Å². The van der Waals surface area contributed by atoms with Crippen molar-refractivity contribution in [3.05, 3.63) is 42.2 Å². The third-order valence-electron chi connectivity index (χ3n) is 3.33. The molecule has 2 rings (SSSR count). The van der Waals surface area contributed by atoms with Crippen molar-refractivity contribution < 1.29 is 0 Å². The molecule has 1 aromatic carbocycles. The van der Waals surface area contributed by atoms with E-state index in [1.807, 2.05) is 18.5 Å². The zero-order chi connectivity index (χ0) is 11.5. The zero-order valence-corrected chi connectivity index (χ0v) is 9.85. The first-order valence-corrected chi connectivity index (χ1v) is 5.82. The molecule has 0 aliphatic heterocycles. The van der Waals surface area contributed by atoms with Crippen LogP contribution in [-0.4, -0.2) is 4.98 Å². The Morgan fingerprint density at radius 3 is 2.88 bits per heavy atom. The highest BCUT2D eigenvalue weighted by molar-refractivity contribution is 5.85. The predicted molar refractivity (Wildman–Crippen MR) is 68.1 cm³/mol. The number of benzene rings is 1. The molecule has 2 heteroatoms. The van der Waals surface area contributed by atoms with Crippen molar-refractivity contribution in [2.45, 2.75) is 26.3 Å². The summed E-state index contributed by atoms with van der Waals surface area (Å²) in [6, 6.07) is 8.41. The maximum Gasteiger partial charge on any atom is 0.0349 e. The number of pyridine rings is 1. The number of fused-ring (bicyclic) bond motifs is 1. The van der Waals surface area contributed by atoms with Crippen LogP contribution >= 0.6 is 0 Å². The maximum absolute atomic E-state index is 6.29. The highest BCUT2D eigenvalue weighted by Gasteiger charge is 2.15. The van der Waals surface area contributed by atoms with E-state index in [1.54, 1.807) is 0 Å². The number of hydrogen-bond acceptors (Lipinski definition) is 2. The summed E-state index contributed by atoms with van der Waals surface area (Å²) in [5.41, 5.74) is 7.50. The number of rotatable bonds is 3. The van der Waals surface area contributed by atoms with E-state index < -0.39 is 0 Å². The molecule has 2 atom stereocenters. The molecule has 0 spiro atoms. The molecular weight excluding hydrogens is 196 g/mol. The average Bonchev–Trinajstić information content (AvgIpc) is 2.36. The minimum Gasteiger partial charge on any atom is -0.324 e. The van der Waals surface area contributed by atoms with Crippen molar-refractivity contribution in [1.82, 2.24) is 4.98 Å². The van der Waals surface area contributed by atoms with Crippen LogP contribution in [0.2, 0.25) is 0 Å². The van der Waals surface area contributed by atoms with Crippen LogP contribution in [-0.2, 0) is 0 Å². The first-order chi connectivity index (χ1) is 7.74. The zero-order valence-electron chi connectivity index (χ0n) is 9.85. The lowest BCUT2D eigenvalue weighted by atomic mass is 9.90. The molecule has 84 valence electrons. The van der Waals surface area contributed by atoms with Gasteiger partial charge in [0.25, 0.3) is 0 Å². The molecule has 0 saturated carbocycles. The summed E-state index contributed by atoms with van der Waals surface area (Å²) in [5.74, 6) is 0.491. The van der Waals surface area contributed by atoms with Gasteiger partial charge in [0.2, 0.25) is 0 Å². The molecule has 0 bridgehead atoms. The first kappa shape index (κ1) is 11.1. The molecule has 2 aromatic rings. The Kier molecular flexibility index (Phi) is 3.20. The summed E-state index contributed by atoms with van der Waals surface area (Å²) >= 11 is 0. The van der Waals surface area contributed by atoms with Gasteiger partial charge in [-0.2, -0.15) is 0 Å². The molecule has 1 aromatic heterocycles. The van der Waals surface area contributed by atoms with Crippen LogP contribution in [0.15, 0.2) is 36.7 Å². The standard InChI is InChI=1S/C14H18N2/c1-3-10(2)14(15)12-6-4-5-11-7-8-16-9-13(11)12/h4-10,14H,3,15H2,1-2H3. The summed E-state index contributed by atoms with van der Waals surface area (Å²) in [6.45, 7) is 4.37. The Balaban J connectivity index is 2.52. The molecule has 16 heavy (non-hydrogen) atoms. The van der Waals surface area contributed by atoms with Gasteiger partial charge in [0, 0.05) is 23.8 Å². The van der Waals surface area contributed by atoms with Gasteiger partial charge in [-0.05, 0) is 22.9 Å². The molecule has 0 fully saturated rings. The Morgan fingerprint density at radius 1 is 1.31 bits per heavy atom. The second kappa shape index (κ2) is 4.62. The predicted octanol–water partition coefficient (Wildman–Crippen LogP) is 3.28. The maximum atomic E-state index is 6.29. The number of hydrogen-bond donors (Lipinski definition) is 1. The Morgan fingerprint density at radius 2 is 2.12 bits per heavy atom. The van der Waals surface area contributed by atoms with E-state index in [9.17, 15) is 0 Å². The molecule has 0 aliphatic carbocycles. The second-order valence-electron chi connectivity index (χ2n) is 4.36. The van der Waals surface area contributed by atoms with Crippen LogP contribution in [0.4, 0.5) is 0 Å². The fourth-order valence-electron chi connectivity index (χ4n) is 1.99. The Labute approximate surface area is 96.5 Å². The van der Waals surface area contributed by atoms with Crippen LogP contribution in [0.1, 0.15) is 31.9 Å². The number of nitrogens with zero attached hydrogens (tertiary/aromatic N) is 1. The summed E-state index contributed by atoms with van der Waals surface area (Å²) < 4.78 is 0. The first-order valence-electron chi connectivity index (χ1n) is 5.82. The third kappa shape index (κ3) is 1.93. The lowest BCUT2D eigenvalue weighted by Crippen LogP contribution is -2.18. The molecule has 0 radical (unpaired) electrons. The van der Waals surface area contributed by atoms with Crippen LogP contribution < -0.4 is 5.73 Å². The van der Waals surface area contributed by atoms with Crippen molar-refractivity contribution in [2.24, 2.45) is 11.7 Å². The van der Waals surface area contributed by atoms with Gasteiger partial charge in [-0.25, -0.2) is 0 Å². The van der Waals surface area contributed by atoms with Crippen molar-refractivity contribution in [1.29, 1.82) is 0 Å². The van der Waals surface area contributed by atoms with Gasteiger partial charge in [0.1, 0.15) is 0 Å². The van der Waals surface area contributed by atoms with E-state index in [0.29, 0.717) is 5.92 Å². The minimum absolute atomic E-state index is 0.0953. The fourth-order valence-corrected chi connectivity index (χ4v) is 1.99. The minimum atomic E-state index is 0.0953. The van der Waals surface area contributed by atoms with E-state index >= 15 is 0 Å². The second-order valence-corrected chi connectivity index (χ2v) is 4.36. The number of aromatic nitrogens is 1. The topological polar surface area (TPSA) is 38.9 Å². The summed E-state index contributed by atoms with van der Waals surface area (Å²) in [7, 11) is 0. The van der Waals surface area contributed by atoms with Gasteiger partial charge in [-0.15, -0.1) is 0 Å². The van der Waals surface area contributed by atoms with E-state index in [1.165, 1.54) is 16.3 Å². The summed E-state index contributed by atoms with van der Waals surface area (Å²) in [4.78, 5) is 4.19. The molecule has 0 saturated heterocycles. The van der Waals surface area contributed by atoms with E-state index in [0.717, 1.165) is 6.42 Å². The van der Waals surface area contributed by atoms with Crippen molar-refractivity contribution >= 4 is 10.8 Å². The highest BCUT2D eigenvalue weighted by atomic mass is 14.7. The quantitative estimate of drug-likeness (QED) is 0.851. The van der Waals surface area contributed by atoms with Crippen molar-refractivity contribution in [3.63, 3.8) is 0 Å². The molecule has 2 N–H and O–H groups in total. The van der Waals surface area contributed by atoms with E-state index in [2.05, 4.69) is 37.0 Å². The molecule has 0 amide bonds. The normalized spacial score (nSPS) is 14.9. The molecular formula is C14H18N2. The van der Waals surface area contributed by atoms with Gasteiger partial charge < -0.3 is 5.73 Å². The van der Waals surface area contributed by atoms with Crippen molar-refractivity contribution in [3.8, 4) is 0 Å². The van der Waals surface area contributed by atoms with Gasteiger partial charge in [0.15, 0.2) is 0 Å². The molecule has 2 unspecified atom stereocenters. The highest BCUT2D eigenvalue weighted by Crippen LogP contribution is 2.27. The van der Waals surface area contributed by atoms with Crippen LogP contribution in [0.3, 0.4) is 0 Å². The van der Waals surface area contributed by atoms with Crippen molar-refractivity contribution in [2.75, 3.05) is 0 Å². The SMILES string of the molecule is CCC(C)C(N)c1cccc2ccncc12. The summed E-state index contributed by atoms with van der Waals surface area (Å²) in [5, 5.41) is 2.39. The third-order valence-corrected chi connectivity index (χ3v) is 3.33. The van der Waals surface area contributed by atoms with Crippen LogP contribution in [0, 0.1) is 5.92 Å². The van der Waals surface area contributed by atoms with Crippen LogP contribution in [0.5, 0.6) is 0 Å². The van der Waals surface area contributed by atoms with E-state index in [-0.39, 0.29) is 6.04 Å². The van der Waals surface area contributed by atoms with Gasteiger partial charge >= 0.3 is 0 Å². The molecule has 0 aliphatic rings.